The van der Waals surface area contributed by atoms with Gasteiger partial charge in [0.15, 0.2) is 0 Å². The lowest BCUT2D eigenvalue weighted by Gasteiger charge is -2.10. The summed E-state index contributed by atoms with van der Waals surface area (Å²) in [5.74, 6) is 0.302. The van der Waals surface area contributed by atoms with Crippen molar-refractivity contribution in [3.8, 4) is 0 Å². The molecule has 4 nitrogen and oxygen atoms in total. The minimum absolute atomic E-state index is 0.172. The molecule has 2 unspecified atom stereocenters. The summed E-state index contributed by atoms with van der Waals surface area (Å²) >= 11 is 1.04. The zero-order chi connectivity index (χ0) is 9.84. The van der Waals surface area contributed by atoms with Crippen molar-refractivity contribution in [2.24, 2.45) is 11.7 Å². The molecule has 0 amide bonds. The number of nitrogens with two attached hydrogens (primary N) is 1. The highest BCUT2D eigenvalue weighted by atomic mass is 32.1. The van der Waals surface area contributed by atoms with Gasteiger partial charge in [-0.1, -0.05) is 13.0 Å². The first-order valence-electron chi connectivity index (χ1n) is 4.07. The molecule has 1 aromatic rings. The number of allylic oxidation sites excluding steroid dienone is 1. The first-order chi connectivity index (χ1) is 6.15. The molecule has 0 bridgehead atoms. The van der Waals surface area contributed by atoms with E-state index in [-0.39, 0.29) is 11.6 Å². The van der Waals surface area contributed by atoms with Gasteiger partial charge >= 0.3 is 0 Å². The summed E-state index contributed by atoms with van der Waals surface area (Å²) < 4.78 is 6.43. The molecule has 1 heterocycles. The molecule has 13 heavy (non-hydrogen) atoms. The van der Waals surface area contributed by atoms with Crippen molar-refractivity contribution >= 4 is 11.7 Å². The van der Waals surface area contributed by atoms with Crippen LogP contribution in [0.2, 0.25) is 0 Å². The second-order valence-electron chi connectivity index (χ2n) is 3.05. The van der Waals surface area contributed by atoms with Crippen LogP contribution < -0.4 is 11.3 Å². The number of hydrogen-bond donors (Lipinski definition) is 2. The maximum Gasteiger partial charge on any atom is 0.282 e. The molecule has 5 heteroatoms. The Morgan fingerprint density at radius 3 is 3.00 bits per heavy atom. The van der Waals surface area contributed by atoms with Crippen LogP contribution in [-0.2, 0) is 0 Å². The molecule has 0 aromatic carbocycles. The van der Waals surface area contributed by atoms with E-state index in [4.69, 9.17) is 5.73 Å². The molecule has 0 saturated heterocycles. The van der Waals surface area contributed by atoms with Crippen molar-refractivity contribution in [3.63, 3.8) is 0 Å². The van der Waals surface area contributed by atoms with Crippen molar-refractivity contribution in [1.29, 1.82) is 0 Å². The lowest BCUT2D eigenvalue weighted by molar-refractivity contribution is 0.541. The van der Waals surface area contributed by atoms with Gasteiger partial charge in [-0.2, -0.15) is 4.37 Å². The Kier molecular flexibility index (Phi) is 3.39. The average molecular weight is 199 g/mol. The second kappa shape index (κ2) is 4.34. The van der Waals surface area contributed by atoms with Crippen LogP contribution in [0.4, 0.5) is 0 Å². The fourth-order valence-electron chi connectivity index (χ4n) is 1.05. The lowest BCUT2D eigenvalue weighted by Crippen LogP contribution is -2.20. The van der Waals surface area contributed by atoms with Gasteiger partial charge in [-0.25, -0.2) is 0 Å². The van der Waals surface area contributed by atoms with Gasteiger partial charge < -0.3 is 5.73 Å². The van der Waals surface area contributed by atoms with Crippen LogP contribution in [-0.4, -0.2) is 8.75 Å². The number of aromatic nitrogens is 2. The van der Waals surface area contributed by atoms with Crippen molar-refractivity contribution in [2.45, 2.75) is 19.4 Å². The Morgan fingerprint density at radius 1 is 1.85 bits per heavy atom. The largest absolute Gasteiger partial charge is 0.322 e. The summed E-state index contributed by atoms with van der Waals surface area (Å²) in [6.07, 6.45) is 2.52. The van der Waals surface area contributed by atoms with E-state index in [1.54, 1.807) is 0 Å². The molecule has 0 aliphatic heterocycles. The predicted octanol–water partition coefficient (Wildman–Crippen LogP) is 1.04. The molecule has 0 fully saturated rings. The van der Waals surface area contributed by atoms with E-state index in [1.807, 2.05) is 13.0 Å². The minimum Gasteiger partial charge on any atom is -0.322 e. The summed E-state index contributed by atoms with van der Waals surface area (Å²) in [6.45, 7) is 5.67. The first-order valence-corrected chi connectivity index (χ1v) is 4.85. The zero-order valence-corrected chi connectivity index (χ0v) is 8.30. The maximum absolute atomic E-state index is 11.1. The molecule has 0 aliphatic rings. The number of H-pyrrole nitrogens is 1. The molecular weight excluding hydrogens is 186 g/mol. The summed E-state index contributed by atoms with van der Waals surface area (Å²) in [5.41, 5.74) is 6.05. The third-order valence-corrected chi connectivity index (χ3v) is 2.46. The topological polar surface area (TPSA) is 71.8 Å². The first kappa shape index (κ1) is 10.1. The van der Waals surface area contributed by atoms with Gasteiger partial charge in [0.2, 0.25) is 0 Å². The maximum atomic E-state index is 11.1. The van der Waals surface area contributed by atoms with Crippen LogP contribution >= 0.6 is 11.7 Å². The third-order valence-electron chi connectivity index (χ3n) is 1.89. The van der Waals surface area contributed by atoms with E-state index in [0.717, 1.165) is 11.7 Å². The van der Waals surface area contributed by atoms with Gasteiger partial charge in [0, 0.05) is 11.7 Å². The van der Waals surface area contributed by atoms with E-state index in [1.165, 1.54) is 0 Å². The van der Waals surface area contributed by atoms with Crippen LogP contribution in [0.3, 0.4) is 0 Å². The van der Waals surface area contributed by atoms with Gasteiger partial charge in [0.05, 0.1) is 6.04 Å². The normalized spacial score (nSPS) is 15.2. The van der Waals surface area contributed by atoms with Crippen LogP contribution in [0.5, 0.6) is 0 Å². The molecule has 2 atom stereocenters. The van der Waals surface area contributed by atoms with Crippen molar-refractivity contribution in [3.05, 3.63) is 28.7 Å². The Labute approximate surface area is 80.8 Å². The monoisotopic (exact) mass is 199 g/mol. The Bertz CT molecular complexity index is 330. The van der Waals surface area contributed by atoms with Crippen molar-refractivity contribution in [2.75, 3.05) is 0 Å². The Morgan fingerprint density at radius 2 is 2.54 bits per heavy atom. The number of rotatable bonds is 4. The average Bonchev–Trinajstić information content (AvgIpc) is 2.51. The minimum atomic E-state index is -0.289. The number of aromatic amines is 1. The molecule has 1 rings (SSSR count). The zero-order valence-electron chi connectivity index (χ0n) is 7.49. The molecular formula is C8H13N3OS. The standard InChI is InChI=1S/C8H13N3OS/c1-3-5(2)4-6(9)7-8(12)11-13-10-7/h3,5-6H,1,4,9H2,2H3,(H,11,12). The van der Waals surface area contributed by atoms with Crippen LogP contribution in [0.15, 0.2) is 17.4 Å². The van der Waals surface area contributed by atoms with Crippen LogP contribution in [0.25, 0.3) is 0 Å². The third kappa shape index (κ3) is 2.50. The van der Waals surface area contributed by atoms with Gasteiger partial charge in [0.25, 0.3) is 5.56 Å². The molecule has 0 radical (unpaired) electrons. The van der Waals surface area contributed by atoms with Crippen LogP contribution in [0.1, 0.15) is 25.1 Å². The second-order valence-corrected chi connectivity index (χ2v) is 3.62. The number of nitrogens with one attached hydrogen (secondary N) is 1. The van der Waals surface area contributed by atoms with Gasteiger partial charge in [-0.3, -0.25) is 9.17 Å². The van der Waals surface area contributed by atoms with Gasteiger partial charge in [-0.05, 0) is 12.3 Å². The Balaban J connectivity index is 2.69. The number of nitrogens with zero attached hydrogens (tertiary/aromatic N) is 1. The smallest absolute Gasteiger partial charge is 0.282 e. The fraction of sp³-hybridized carbons (Fsp3) is 0.500. The van der Waals surface area contributed by atoms with E-state index in [0.29, 0.717) is 18.0 Å². The summed E-state index contributed by atoms with van der Waals surface area (Å²) in [5, 5.41) is 0. The van der Waals surface area contributed by atoms with Gasteiger partial charge in [-0.15, -0.1) is 6.58 Å². The summed E-state index contributed by atoms with van der Waals surface area (Å²) in [6, 6.07) is -0.289. The molecule has 0 spiro atoms. The highest BCUT2D eigenvalue weighted by molar-refractivity contribution is 6.99. The molecule has 0 aliphatic carbocycles. The Hall–Kier alpha value is -0.940. The quantitative estimate of drug-likeness (QED) is 0.712. The van der Waals surface area contributed by atoms with E-state index >= 15 is 0 Å². The summed E-state index contributed by atoms with van der Waals surface area (Å²) in [4.78, 5) is 11.1. The number of hydrogen-bond acceptors (Lipinski definition) is 4. The fourth-order valence-corrected chi connectivity index (χ4v) is 1.60. The van der Waals surface area contributed by atoms with Crippen molar-refractivity contribution in [1.82, 2.24) is 8.75 Å². The molecule has 1 aromatic heterocycles. The highest BCUT2D eigenvalue weighted by Gasteiger charge is 2.14. The molecule has 3 N–H and O–H groups in total. The molecule has 0 saturated carbocycles. The molecule has 72 valence electrons. The van der Waals surface area contributed by atoms with E-state index in [2.05, 4.69) is 15.3 Å². The van der Waals surface area contributed by atoms with E-state index in [9.17, 15) is 4.79 Å². The van der Waals surface area contributed by atoms with Gasteiger partial charge in [0.1, 0.15) is 5.69 Å². The summed E-state index contributed by atoms with van der Waals surface area (Å²) in [7, 11) is 0. The predicted molar refractivity (Wildman–Crippen MR) is 53.6 cm³/mol. The SMILES string of the molecule is C=CC(C)CC(N)c1ns[nH]c1=O. The van der Waals surface area contributed by atoms with E-state index < -0.39 is 0 Å². The van der Waals surface area contributed by atoms with Crippen molar-refractivity contribution < 1.29 is 0 Å². The van der Waals surface area contributed by atoms with Crippen LogP contribution in [0, 0.1) is 5.92 Å². The highest BCUT2D eigenvalue weighted by Crippen LogP contribution is 2.15. The lowest BCUT2D eigenvalue weighted by atomic mass is 10.0.